The van der Waals surface area contributed by atoms with Crippen molar-refractivity contribution in [2.75, 3.05) is 24.4 Å². The van der Waals surface area contributed by atoms with Gasteiger partial charge in [-0.3, -0.25) is 14.4 Å². The number of carbonyl (C=O) groups is 1. The summed E-state index contributed by atoms with van der Waals surface area (Å²) < 4.78 is 38.9. The van der Waals surface area contributed by atoms with Crippen molar-refractivity contribution in [1.29, 1.82) is 0 Å². The van der Waals surface area contributed by atoms with Crippen LogP contribution in [0.2, 0.25) is 0 Å². The molecule has 3 aromatic rings. The maximum atomic E-state index is 12.9. The average Bonchev–Trinajstić information content (AvgIpc) is 3.36. The van der Waals surface area contributed by atoms with Crippen LogP contribution in [0.4, 0.5) is 5.82 Å². The van der Waals surface area contributed by atoms with Crippen molar-refractivity contribution in [3.63, 3.8) is 0 Å². The van der Waals surface area contributed by atoms with Gasteiger partial charge in [0.2, 0.25) is 0 Å². The number of nitrogens with zero attached hydrogens (tertiary/aromatic N) is 2. The Labute approximate surface area is 187 Å². The third-order valence-corrected chi connectivity index (χ3v) is 7.24. The maximum absolute atomic E-state index is 12.9. The van der Waals surface area contributed by atoms with Gasteiger partial charge in [-0.15, -0.1) is 0 Å². The second-order valence-electron chi connectivity index (χ2n) is 8.16. The van der Waals surface area contributed by atoms with E-state index in [1.807, 2.05) is 26.0 Å². The van der Waals surface area contributed by atoms with Gasteiger partial charge in [-0.25, -0.2) is 8.42 Å². The number of hydrogen-bond acceptors (Lipinski definition) is 7. The fraction of sp³-hybridized carbons (Fsp3) is 0.391. The molecule has 1 atom stereocenters. The molecule has 1 aromatic heterocycles. The summed E-state index contributed by atoms with van der Waals surface area (Å²) in [5, 5.41) is 4.62. The van der Waals surface area contributed by atoms with Crippen molar-refractivity contribution in [2.24, 2.45) is 5.92 Å². The number of esters is 1. The average molecular weight is 458 g/mol. The number of fused-ring (bicyclic) bond motifs is 1. The Balaban J connectivity index is 1.53. The number of carbonyl (C=O) groups excluding carboxylic acids is 1. The number of rotatable bonds is 7. The maximum Gasteiger partial charge on any atom is 0.310 e. The zero-order chi connectivity index (χ0) is 22.9. The summed E-state index contributed by atoms with van der Waals surface area (Å²) in [6.45, 7) is 8.00. The standard InChI is InChI=1S/C23H27N3O5S/c1-4-30-23(27)18-9-10-26(14-18)13-17-11-16(3)21-19(12-17)31-24-22(21)25-32(28,29)20-8-6-5-7-15(20)2/h5-8,11-12,18H,4,9-10,13-14H2,1-3H3,(H,24,25). The first-order chi connectivity index (χ1) is 15.3. The van der Waals surface area contributed by atoms with Crippen molar-refractivity contribution in [1.82, 2.24) is 10.1 Å². The minimum absolute atomic E-state index is 0.0903. The van der Waals surface area contributed by atoms with Gasteiger partial charge in [0.1, 0.15) is 0 Å². The highest BCUT2D eigenvalue weighted by atomic mass is 32.2. The van der Waals surface area contributed by atoms with E-state index in [1.54, 1.807) is 31.2 Å². The number of nitrogens with one attached hydrogen (secondary N) is 1. The molecule has 1 N–H and O–H groups in total. The molecule has 0 bridgehead atoms. The second kappa shape index (κ2) is 8.91. The molecular formula is C23H27N3O5S. The number of aryl methyl sites for hydroxylation is 2. The molecular weight excluding hydrogens is 430 g/mol. The fourth-order valence-electron chi connectivity index (χ4n) is 4.23. The Morgan fingerprint density at radius 2 is 2.03 bits per heavy atom. The van der Waals surface area contributed by atoms with Crippen molar-refractivity contribution in [3.8, 4) is 0 Å². The van der Waals surface area contributed by atoms with Crippen LogP contribution in [0, 0.1) is 19.8 Å². The third kappa shape index (κ3) is 4.49. The summed E-state index contributed by atoms with van der Waals surface area (Å²) >= 11 is 0. The Morgan fingerprint density at radius 3 is 2.78 bits per heavy atom. The van der Waals surface area contributed by atoms with Gasteiger partial charge in [-0.1, -0.05) is 29.4 Å². The fourth-order valence-corrected chi connectivity index (χ4v) is 5.48. The number of ether oxygens (including phenoxy) is 1. The summed E-state index contributed by atoms with van der Waals surface area (Å²) in [5.41, 5.74) is 3.05. The molecule has 0 spiro atoms. The van der Waals surface area contributed by atoms with E-state index in [9.17, 15) is 13.2 Å². The van der Waals surface area contributed by atoms with Crippen molar-refractivity contribution >= 4 is 32.8 Å². The highest BCUT2D eigenvalue weighted by molar-refractivity contribution is 7.92. The van der Waals surface area contributed by atoms with Crippen molar-refractivity contribution < 1.29 is 22.5 Å². The summed E-state index contributed by atoms with van der Waals surface area (Å²) in [4.78, 5) is 14.4. The molecule has 0 aliphatic carbocycles. The molecule has 9 heteroatoms. The largest absolute Gasteiger partial charge is 0.466 e. The lowest BCUT2D eigenvalue weighted by Crippen LogP contribution is -2.24. The number of sulfonamides is 1. The van der Waals surface area contributed by atoms with Gasteiger partial charge in [0.15, 0.2) is 11.4 Å². The monoisotopic (exact) mass is 457 g/mol. The van der Waals surface area contributed by atoms with Crippen LogP contribution in [0.3, 0.4) is 0 Å². The summed E-state index contributed by atoms with van der Waals surface area (Å²) in [5.74, 6) is -0.0502. The van der Waals surface area contributed by atoms with Gasteiger partial charge in [-0.2, -0.15) is 0 Å². The van der Waals surface area contributed by atoms with Gasteiger partial charge < -0.3 is 9.26 Å². The second-order valence-corrected chi connectivity index (χ2v) is 9.81. The molecule has 32 heavy (non-hydrogen) atoms. The lowest BCUT2D eigenvalue weighted by Gasteiger charge is -2.16. The molecule has 4 rings (SSSR count). The Bertz CT molecular complexity index is 1250. The molecule has 2 heterocycles. The quantitative estimate of drug-likeness (QED) is 0.541. The van der Waals surface area contributed by atoms with E-state index in [0.717, 1.165) is 24.1 Å². The molecule has 0 amide bonds. The van der Waals surface area contributed by atoms with Crippen LogP contribution in [0.1, 0.15) is 30.0 Å². The van der Waals surface area contributed by atoms with Crippen LogP contribution in [-0.4, -0.2) is 44.1 Å². The van der Waals surface area contributed by atoms with E-state index in [4.69, 9.17) is 9.26 Å². The normalized spacial score (nSPS) is 17.0. The Kier molecular flexibility index (Phi) is 6.21. The lowest BCUT2D eigenvalue weighted by molar-refractivity contribution is -0.147. The minimum Gasteiger partial charge on any atom is -0.466 e. The molecule has 8 nitrogen and oxygen atoms in total. The predicted octanol–water partition coefficient (Wildman–Crippen LogP) is 3.63. The van der Waals surface area contributed by atoms with E-state index in [-0.39, 0.29) is 22.6 Å². The lowest BCUT2D eigenvalue weighted by atomic mass is 10.1. The zero-order valence-corrected chi connectivity index (χ0v) is 19.2. The van der Waals surface area contributed by atoms with E-state index in [2.05, 4.69) is 14.8 Å². The first-order valence-electron chi connectivity index (χ1n) is 10.6. The highest BCUT2D eigenvalue weighted by Crippen LogP contribution is 2.31. The number of aromatic nitrogens is 1. The molecule has 1 aliphatic rings. The molecule has 1 unspecified atom stereocenters. The van der Waals surface area contributed by atoms with Crippen molar-refractivity contribution in [3.05, 3.63) is 53.1 Å². The van der Waals surface area contributed by atoms with Crippen molar-refractivity contribution in [2.45, 2.75) is 38.6 Å². The Hall–Kier alpha value is -2.91. The molecule has 0 radical (unpaired) electrons. The summed E-state index contributed by atoms with van der Waals surface area (Å²) in [7, 11) is -3.79. The Morgan fingerprint density at radius 1 is 1.25 bits per heavy atom. The first-order valence-corrected chi connectivity index (χ1v) is 12.1. The highest BCUT2D eigenvalue weighted by Gasteiger charge is 2.29. The SMILES string of the molecule is CCOC(=O)C1CCN(Cc2cc(C)c3c(NS(=O)(=O)c4ccccc4C)noc3c2)C1. The van der Waals surface area contributed by atoms with Crippen LogP contribution < -0.4 is 4.72 Å². The van der Waals surface area contributed by atoms with Crippen LogP contribution >= 0.6 is 0 Å². The number of hydrogen-bond donors (Lipinski definition) is 1. The van der Waals surface area contributed by atoms with E-state index in [1.165, 1.54) is 0 Å². The molecule has 2 aromatic carbocycles. The molecule has 0 saturated carbocycles. The van der Waals surface area contributed by atoms with Gasteiger partial charge in [-0.05, 0) is 62.6 Å². The van der Waals surface area contributed by atoms with Gasteiger partial charge in [0.05, 0.1) is 22.8 Å². The van der Waals surface area contributed by atoms with Crippen LogP contribution in [-0.2, 0) is 26.1 Å². The number of anilines is 1. The van der Waals surface area contributed by atoms with Gasteiger partial charge in [0, 0.05) is 13.1 Å². The molecule has 1 fully saturated rings. The topological polar surface area (TPSA) is 102 Å². The van der Waals surface area contributed by atoms with Crippen LogP contribution in [0.25, 0.3) is 11.0 Å². The summed E-state index contributed by atoms with van der Waals surface area (Å²) in [6.07, 6.45) is 0.785. The molecule has 1 saturated heterocycles. The minimum atomic E-state index is -3.79. The van der Waals surface area contributed by atoms with Crippen LogP contribution in [0.15, 0.2) is 45.8 Å². The molecule has 1 aliphatic heterocycles. The van der Waals surface area contributed by atoms with E-state index < -0.39 is 10.0 Å². The summed E-state index contributed by atoms with van der Waals surface area (Å²) in [6, 6.07) is 10.7. The predicted molar refractivity (Wildman–Crippen MR) is 121 cm³/mol. The number of benzene rings is 2. The number of likely N-dealkylation sites (tertiary alicyclic amines) is 1. The molecule has 170 valence electrons. The first kappa shape index (κ1) is 22.3. The van der Waals surface area contributed by atoms with Crippen LogP contribution in [0.5, 0.6) is 0 Å². The van der Waals surface area contributed by atoms with E-state index in [0.29, 0.717) is 36.2 Å². The van der Waals surface area contributed by atoms with Gasteiger partial charge in [0.25, 0.3) is 10.0 Å². The zero-order valence-electron chi connectivity index (χ0n) is 18.4. The smallest absolute Gasteiger partial charge is 0.310 e. The van der Waals surface area contributed by atoms with E-state index >= 15 is 0 Å². The third-order valence-electron chi connectivity index (χ3n) is 5.74. The van der Waals surface area contributed by atoms with Gasteiger partial charge >= 0.3 is 5.97 Å².